The van der Waals surface area contributed by atoms with Crippen LogP contribution in [0.15, 0.2) is 0 Å². The Kier molecular flexibility index (Phi) is 14.3. The molecule has 0 aromatic rings. The number of carbonyl (C=O) groups is 3. The van der Waals surface area contributed by atoms with E-state index in [1.54, 1.807) is 20.0 Å². The van der Waals surface area contributed by atoms with Gasteiger partial charge < -0.3 is 21.9 Å². The predicted molar refractivity (Wildman–Crippen MR) is 44.1 cm³/mol. The second-order valence-electron chi connectivity index (χ2n) is 2.48. The Morgan fingerprint density at radius 2 is 1.31 bits per heavy atom. The Morgan fingerprint density at radius 1 is 1.06 bits per heavy atom. The van der Waals surface area contributed by atoms with Gasteiger partial charge in [-0.15, -0.1) is 0 Å². The van der Waals surface area contributed by atoms with Crippen LogP contribution in [0, 0.1) is 0 Å². The average molecular weight is 449 g/mol. The normalized spacial score (nSPS) is 9.25. The largest absolute Gasteiger partial charge is 1.00 e. The quantitative estimate of drug-likeness (QED) is 0.322. The van der Waals surface area contributed by atoms with Crippen molar-refractivity contribution in [1.29, 1.82) is 0 Å². The smallest absolute Gasteiger partial charge is 1.00 e. The summed E-state index contributed by atoms with van der Waals surface area (Å²) in [6.45, 7) is 0. The molecule has 0 saturated carbocycles. The van der Waals surface area contributed by atoms with Gasteiger partial charge in [0, 0.05) is 0 Å². The minimum absolute atomic E-state index is 0. The molecule has 94 valence electrons. The number of halogens is 1. The molecule has 10 heteroatoms. The average Bonchev–Trinajstić information content (AvgIpc) is 2.04. The maximum Gasteiger partial charge on any atom is 1.00 e. The third-order valence-corrected chi connectivity index (χ3v) is 1.29. The van der Waals surface area contributed by atoms with Crippen molar-refractivity contribution in [3.05, 3.63) is 0 Å². The van der Waals surface area contributed by atoms with Gasteiger partial charge >= 0.3 is 76.6 Å². The van der Waals surface area contributed by atoms with E-state index in [9.17, 15) is 14.4 Å². The molecule has 0 radical (unpaired) electrons. The molecule has 0 amide bonds. The monoisotopic (exact) mass is 448 g/mol. The third-order valence-electron chi connectivity index (χ3n) is 1.29. The van der Waals surface area contributed by atoms with Gasteiger partial charge in [0.1, 0.15) is 0 Å². The van der Waals surface area contributed by atoms with Crippen LogP contribution in [-0.2, 0) is 34.4 Å². The maximum atomic E-state index is 10.3. The van der Waals surface area contributed by atoms with Crippen molar-refractivity contribution in [3.8, 4) is 0 Å². The molecule has 0 atom stereocenters. The summed E-state index contributed by atoms with van der Waals surface area (Å²) in [5.74, 6) is -5.02. The van der Waals surface area contributed by atoms with Gasteiger partial charge in [-0.1, -0.05) is 0 Å². The SMILES string of the molecule is O=C(O)CC(O)(CC(=O)O)C(=O)O.[Cl][Au].[H-].[Na+]. The zero-order valence-electron chi connectivity index (χ0n) is 9.11. The summed E-state index contributed by atoms with van der Waals surface area (Å²) in [6.07, 6.45) is -2.29. The zero-order valence-corrected chi connectivity index (χ0v) is 13.0. The molecule has 0 aliphatic carbocycles. The van der Waals surface area contributed by atoms with E-state index in [0.29, 0.717) is 0 Å². The summed E-state index contributed by atoms with van der Waals surface area (Å²) >= 11 is 1.75. The molecular formula is C6H9AuClNaO7. The van der Waals surface area contributed by atoms with Crippen molar-refractivity contribution >= 4 is 27.1 Å². The van der Waals surface area contributed by atoms with E-state index in [-0.39, 0.29) is 31.0 Å². The number of aliphatic hydroxyl groups is 1. The van der Waals surface area contributed by atoms with Crippen molar-refractivity contribution in [2.75, 3.05) is 0 Å². The molecule has 0 aromatic heterocycles. The van der Waals surface area contributed by atoms with E-state index in [0.717, 1.165) is 0 Å². The van der Waals surface area contributed by atoms with Crippen molar-refractivity contribution in [2.45, 2.75) is 18.4 Å². The van der Waals surface area contributed by atoms with E-state index in [2.05, 4.69) is 9.19 Å². The minimum Gasteiger partial charge on any atom is -1.00 e. The number of aliphatic carboxylic acids is 3. The summed E-state index contributed by atoms with van der Waals surface area (Å²) in [4.78, 5) is 30.5. The van der Waals surface area contributed by atoms with Gasteiger partial charge in [-0.05, 0) is 0 Å². The van der Waals surface area contributed by atoms with Crippen LogP contribution in [0.2, 0.25) is 0 Å². The Bertz CT molecular complexity index is 249. The molecule has 7 nitrogen and oxygen atoms in total. The summed E-state index contributed by atoms with van der Waals surface area (Å²) in [7, 11) is 4.58. The summed E-state index contributed by atoms with van der Waals surface area (Å²) in [5, 5.41) is 33.8. The van der Waals surface area contributed by atoms with E-state index in [1.165, 1.54) is 0 Å². The molecule has 4 N–H and O–H groups in total. The van der Waals surface area contributed by atoms with Crippen LogP contribution in [0.4, 0.5) is 0 Å². The Balaban J connectivity index is -0.000000199. The standard InChI is InChI=1S/C6H8O7.Au.ClH.Na.H/c7-3(8)1-6(13,5(11)12)2-4(9)10;;;;/h13H,1-2H2,(H,7,8)(H,9,10)(H,11,12);;1H;;/q;+1;;+1;-1/p-1. The summed E-state index contributed by atoms with van der Waals surface area (Å²) in [6, 6.07) is 0. The molecule has 0 aliphatic rings. The van der Waals surface area contributed by atoms with Gasteiger partial charge in [0.2, 0.25) is 0 Å². The molecule has 0 bridgehead atoms. The molecule has 0 fully saturated rings. The van der Waals surface area contributed by atoms with Crippen molar-refractivity contribution in [2.24, 2.45) is 0 Å². The van der Waals surface area contributed by atoms with E-state index < -0.39 is 36.4 Å². The van der Waals surface area contributed by atoms with Gasteiger partial charge in [-0.25, -0.2) is 4.79 Å². The second kappa shape index (κ2) is 10.5. The second-order valence-corrected chi connectivity index (χ2v) is 2.48. The van der Waals surface area contributed by atoms with E-state index >= 15 is 0 Å². The first-order valence-electron chi connectivity index (χ1n) is 3.28. The molecule has 0 rings (SSSR count). The number of hydrogen-bond acceptors (Lipinski definition) is 4. The Morgan fingerprint density at radius 3 is 1.44 bits per heavy atom. The molecule has 0 unspecified atom stereocenters. The van der Waals surface area contributed by atoms with Crippen LogP contribution in [0.3, 0.4) is 0 Å². The molecule has 0 aromatic carbocycles. The Hall–Kier alpha value is 0.400. The first kappa shape index (κ1) is 21.7. The fraction of sp³-hybridized carbons (Fsp3) is 0.500. The van der Waals surface area contributed by atoms with Crippen molar-refractivity contribution in [1.82, 2.24) is 0 Å². The predicted octanol–water partition coefficient (Wildman–Crippen LogP) is -3.44. The number of rotatable bonds is 5. The first-order valence-corrected chi connectivity index (χ1v) is 5.97. The summed E-state index contributed by atoms with van der Waals surface area (Å²) in [5.41, 5.74) is -2.74. The van der Waals surface area contributed by atoms with Crippen LogP contribution in [-0.4, -0.2) is 43.9 Å². The fourth-order valence-electron chi connectivity index (χ4n) is 0.714. The summed E-state index contributed by atoms with van der Waals surface area (Å²) < 4.78 is 0. The number of hydrogen-bond donors (Lipinski definition) is 4. The van der Waals surface area contributed by atoms with Gasteiger partial charge in [-0.3, -0.25) is 9.59 Å². The fourth-order valence-corrected chi connectivity index (χ4v) is 0.714. The van der Waals surface area contributed by atoms with Crippen LogP contribution in [0.5, 0.6) is 0 Å². The molecule has 0 aliphatic heterocycles. The first-order chi connectivity index (χ1) is 6.78. The minimum atomic E-state index is -2.74. The van der Waals surface area contributed by atoms with Gasteiger partial charge in [0.05, 0.1) is 12.8 Å². The molecule has 0 saturated heterocycles. The van der Waals surface area contributed by atoms with E-state index in [1.807, 2.05) is 0 Å². The number of carboxylic acid groups (broad SMARTS) is 3. The molecule has 0 spiro atoms. The van der Waals surface area contributed by atoms with Crippen molar-refractivity contribution in [3.63, 3.8) is 0 Å². The zero-order chi connectivity index (χ0) is 12.6. The molecule has 0 heterocycles. The topological polar surface area (TPSA) is 132 Å². The number of carboxylic acids is 3. The maximum absolute atomic E-state index is 10.3. The van der Waals surface area contributed by atoms with Gasteiger partial charge in [0.25, 0.3) is 0 Å². The third kappa shape index (κ3) is 9.61. The Labute approximate surface area is 130 Å². The van der Waals surface area contributed by atoms with Crippen LogP contribution >= 0.6 is 9.19 Å². The van der Waals surface area contributed by atoms with Gasteiger partial charge in [0.15, 0.2) is 5.60 Å². The van der Waals surface area contributed by atoms with Gasteiger partial charge in [-0.2, -0.15) is 0 Å². The molecular weight excluding hydrogens is 439 g/mol. The van der Waals surface area contributed by atoms with Crippen LogP contribution in [0.25, 0.3) is 0 Å². The molecule has 16 heavy (non-hydrogen) atoms. The van der Waals surface area contributed by atoms with E-state index in [4.69, 9.17) is 20.4 Å². The van der Waals surface area contributed by atoms with Crippen LogP contribution in [0.1, 0.15) is 14.3 Å². The van der Waals surface area contributed by atoms with Crippen LogP contribution < -0.4 is 29.6 Å². The van der Waals surface area contributed by atoms with Crippen molar-refractivity contribution < 1.29 is 85.8 Å².